The zero-order valence-corrected chi connectivity index (χ0v) is 31.3. The molecule has 4 aliphatic heterocycles. The molecule has 5 fully saturated rings. The Morgan fingerprint density at radius 3 is 2.19 bits per heavy atom. The van der Waals surface area contributed by atoms with E-state index in [9.17, 15) is 32.7 Å². The third-order valence-corrected chi connectivity index (χ3v) is 12.9. The first-order valence-electron chi connectivity index (χ1n) is 19.6. The zero-order valence-electron chi connectivity index (χ0n) is 31.3. The van der Waals surface area contributed by atoms with Gasteiger partial charge in [-0.1, -0.05) is 31.0 Å². The van der Waals surface area contributed by atoms with Crippen molar-refractivity contribution in [2.75, 3.05) is 71.5 Å². The highest BCUT2D eigenvalue weighted by atomic mass is 19.4. The summed E-state index contributed by atoms with van der Waals surface area (Å²) in [7, 11) is 3.25. The number of likely N-dealkylation sites (tertiary alicyclic amines) is 3. The summed E-state index contributed by atoms with van der Waals surface area (Å²) in [5.74, 6) is -1.33. The van der Waals surface area contributed by atoms with Gasteiger partial charge in [-0.15, -0.1) is 0 Å². The fraction of sp³-hybridized carbons (Fsp3) is 0.634. The van der Waals surface area contributed by atoms with E-state index < -0.39 is 23.8 Å². The Hall–Kier alpha value is -3.84. The average Bonchev–Trinajstić information content (AvgIpc) is 4.01. The highest BCUT2D eigenvalue weighted by molar-refractivity contribution is 5.86. The SMILES string of the molecule is COC[C@H]1CN(C(=O)[C@@H]2CN(C3CCCC3)C[C@H]2c2ccc(OC)cc2)CC1c1ccc(C(F)(F)F)cc1N1CCC(C(=O)N2CCC[C@@H]2C(=O)O)CC1. The number of hydrogen-bond donors (Lipinski definition) is 1. The van der Waals surface area contributed by atoms with Crippen LogP contribution in [0.4, 0.5) is 18.9 Å². The van der Waals surface area contributed by atoms with Crippen molar-refractivity contribution >= 4 is 23.5 Å². The predicted molar refractivity (Wildman–Crippen MR) is 196 cm³/mol. The molecule has 5 aliphatic rings. The standard InChI is InChI=1S/C41H53F3N4O6/c1-53-25-28-21-47(39(50)35-24-46(30-6-3-4-7-30)22-33(35)26-9-12-31(54-2)13-10-26)23-34(28)32-14-11-29(41(42,43)44)20-37(32)45-18-15-27(16-19-45)38(49)48-17-5-8-36(48)40(51)52/h9-14,20,27-28,30,33-36H,3-8,15-19,21-25H2,1-2H3,(H,51,52)/t28-,33+,34?,35-,36-/m1/s1. The third kappa shape index (κ3) is 7.80. The van der Waals surface area contributed by atoms with Gasteiger partial charge in [-0.05, 0) is 73.9 Å². The lowest BCUT2D eigenvalue weighted by Crippen LogP contribution is -2.46. The molecule has 1 aliphatic carbocycles. The maximum absolute atomic E-state index is 14.7. The van der Waals surface area contributed by atoms with Crippen molar-refractivity contribution in [3.8, 4) is 5.75 Å². The van der Waals surface area contributed by atoms with Crippen LogP contribution in [-0.2, 0) is 25.3 Å². The molecule has 10 nitrogen and oxygen atoms in total. The van der Waals surface area contributed by atoms with Crippen molar-refractivity contribution < 1.29 is 42.1 Å². The number of piperidine rings is 1. The van der Waals surface area contributed by atoms with Gasteiger partial charge >= 0.3 is 12.1 Å². The van der Waals surface area contributed by atoms with Gasteiger partial charge in [-0.25, -0.2) is 4.79 Å². The molecule has 4 saturated heterocycles. The van der Waals surface area contributed by atoms with E-state index in [0.29, 0.717) is 83.3 Å². The second-order valence-corrected chi connectivity index (χ2v) is 16.0. The van der Waals surface area contributed by atoms with Crippen molar-refractivity contribution in [2.45, 2.75) is 81.5 Å². The number of rotatable bonds is 10. The fourth-order valence-electron chi connectivity index (χ4n) is 10.1. The molecule has 13 heteroatoms. The van der Waals surface area contributed by atoms with Crippen LogP contribution in [0.5, 0.6) is 5.75 Å². The van der Waals surface area contributed by atoms with Crippen LogP contribution in [-0.4, -0.2) is 116 Å². The molecule has 5 atom stereocenters. The maximum atomic E-state index is 14.7. The molecule has 1 saturated carbocycles. The molecule has 1 N–H and O–H groups in total. The van der Waals surface area contributed by atoms with E-state index in [2.05, 4.69) is 17.0 Å². The van der Waals surface area contributed by atoms with E-state index in [-0.39, 0.29) is 41.4 Å². The Kier molecular flexibility index (Phi) is 11.5. The zero-order chi connectivity index (χ0) is 38.1. The molecule has 2 amide bonds. The molecule has 0 radical (unpaired) electrons. The fourth-order valence-corrected chi connectivity index (χ4v) is 10.1. The van der Waals surface area contributed by atoms with Gasteiger partial charge in [0.15, 0.2) is 0 Å². The number of methoxy groups -OCH3 is 2. The molecule has 294 valence electrons. The number of nitrogens with zero attached hydrogens (tertiary/aromatic N) is 4. The topological polar surface area (TPSA) is 103 Å². The lowest BCUT2D eigenvalue weighted by atomic mass is 9.86. The minimum atomic E-state index is -4.54. The molecule has 2 aromatic rings. The molecule has 0 spiro atoms. The largest absolute Gasteiger partial charge is 0.497 e. The first-order chi connectivity index (χ1) is 26.0. The summed E-state index contributed by atoms with van der Waals surface area (Å²) < 4.78 is 53.6. The molecule has 54 heavy (non-hydrogen) atoms. The van der Waals surface area contributed by atoms with E-state index in [4.69, 9.17) is 9.47 Å². The lowest BCUT2D eigenvalue weighted by Gasteiger charge is -2.37. The first kappa shape index (κ1) is 38.4. The molecule has 4 heterocycles. The Balaban J connectivity index is 1.13. The Morgan fingerprint density at radius 2 is 1.54 bits per heavy atom. The summed E-state index contributed by atoms with van der Waals surface area (Å²) in [6.07, 6.45) is 2.04. The molecule has 7 rings (SSSR count). The predicted octanol–water partition coefficient (Wildman–Crippen LogP) is 5.85. The highest BCUT2D eigenvalue weighted by Crippen LogP contribution is 2.45. The minimum absolute atomic E-state index is 0.0147. The lowest BCUT2D eigenvalue weighted by molar-refractivity contribution is -0.150. The van der Waals surface area contributed by atoms with Gasteiger partial charge in [0.25, 0.3) is 0 Å². The number of amides is 2. The summed E-state index contributed by atoms with van der Waals surface area (Å²) in [6, 6.07) is 11.6. The normalized spacial score (nSPS) is 27.3. The van der Waals surface area contributed by atoms with Gasteiger partial charge in [-0.3, -0.25) is 14.5 Å². The molecular weight excluding hydrogens is 701 g/mol. The Bertz CT molecular complexity index is 1660. The number of alkyl halides is 3. The van der Waals surface area contributed by atoms with Gasteiger partial charge in [0.05, 0.1) is 25.2 Å². The summed E-state index contributed by atoms with van der Waals surface area (Å²) >= 11 is 0. The summed E-state index contributed by atoms with van der Waals surface area (Å²) in [5.41, 5.74) is 1.59. The number of carbonyl (C=O) groups is 3. The van der Waals surface area contributed by atoms with E-state index in [0.717, 1.165) is 42.3 Å². The van der Waals surface area contributed by atoms with Crippen LogP contribution >= 0.6 is 0 Å². The number of anilines is 1. The van der Waals surface area contributed by atoms with Gasteiger partial charge in [0.1, 0.15) is 11.8 Å². The van der Waals surface area contributed by atoms with Crippen molar-refractivity contribution in [1.82, 2.24) is 14.7 Å². The minimum Gasteiger partial charge on any atom is -0.497 e. The van der Waals surface area contributed by atoms with Crippen LogP contribution in [0.3, 0.4) is 0 Å². The van der Waals surface area contributed by atoms with Gasteiger partial charge in [-0.2, -0.15) is 13.2 Å². The number of carboxylic acids is 1. The van der Waals surface area contributed by atoms with Gasteiger partial charge < -0.3 is 29.3 Å². The van der Waals surface area contributed by atoms with E-state index in [1.54, 1.807) is 20.3 Å². The number of benzene rings is 2. The molecule has 2 aromatic carbocycles. The maximum Gasteiger partial charge on any atom is 0.416 e. The molecule has 0 bridgehead atoms. The number of ether oxygens (including phenoxy) is 2. The second kappa shape index (κ2) is 16.1. The van der Waals surface area contributed by atoms with E-state index in [1.807, 2.05) is 21.9 Å². The number of aliphatic carboxylic acids is 1. The highest BCUT2D eigenvalue weighted by Gasteiger charge is 2.47. The summed E-state index contributed by atoms with van der Waals surface area (Å²) in [4.78, 5) is 47.7. The molecule has 1 unspecified atom stereocenters. The quantitative estimate of drug-likeness (QED) is 0.323. The van der Waals surface area contributed by atoms with Gasteiger partial charge in [0.2, 0.25) is 11.8 Å². The first-order valence-corrected chi connectivity index (χ1v) is 19.6. The number of carbonyl (C=O) groups excluding carboxylic acids is 2. The average molecular weight is 755 g/mol. The molecular formula is C41H53F3N4O6. The Labute approximate surface area is 315 Å². The third-order valence-electron chi connectivity index (χ3n) is 12.9. The number of carboxylic acid groups (broad SMARTS) is 1. The number of hydrogen-bond acceptors (Lipinski definition) is 7. The van der Waals surface area contributed by atoms with Crippen molar-refractivity contribution in [1.29, 1.82) is 0 Å². The van der Waals surface area contributed by atoms with Gasteiger partial charge in [0, 0.05) is 88.3 Å². The van der Waals surface area contributed by atoms with Crippen LogP contribution in [0.15, 0.2) is 42.5 Å². The van der Waals surface area contributed by atoms with E-state index in [1.165, 1.54) is 23.8 Å². The van der Waals surface area contributed by atoms with Crippen LogP contribution in [0.2, 0.25) is 0 Å². The van der Waals surface area contributed by atoms with Crippen molar-refractivity contribution in [3.05, 3.63) is 59.2 Å². The summed E-state index contributed by atoms with van der Waals surface area (Å²) in [5, 5.41) is 9.63. The molecule has 0 aromatic heterocycles. The monoisotopic (exact) mass is 754 g/mol. The smallest absolute Gasteiger partial charge is 0.416 e. The summed E-state index contributed by atoms with van der Waals surface area (Å²) in [6.45, 7) is 3.80. The van der Waals surface area contributed by atoms with Crippen LogP contribution in [0.1, 0.15) is 79.9 Å². The Morgan fingerprint density at radius 1 is 0.815 bits per heavy atom. The number of halogens is 3. The second-order valence-electron chi connectivity index (χ2n) is 16.0. The van der Waals surface area contributed by atoms with E-state index >= 15 is 0 Å². The van der Waals surface area contributed by atoms with Crippen molar-refractivity contribution in [2.24, 2.45) is 17.8 Å². The van der Waals surface area contributed by atoms with Crippen LogP contribution in [0, 0.1) is 17.8 Å². The van der Waals surface area contributed by atoms with Crippen LogP contribution < -0.4 is 9.64 Å². The van der Waals surface area contributed by atoms with Crippen LogP contribution in [0.25, 0.3) is 0 Å². The van der Waals surface area contributed by atoms with Crippen molar-refractivity contribution in [3.63, 3.8) is 0 Å².